The van der Waals surface area contributed by atoms with E-state index in [0.29, 0.717) is 12.1 Å². The highest BCUT2D eigenvalue weighted by molar-refractivity contribution is 4.92. The Bertz CT molecular complexity index is 192. The van der Waals surface area contributed by atoms with Gasteiger partial charge in [0.05, 0.1) is 0 Å². The molecule has 0 amide bonds. The van der Waals surface area contributed by atoms with E-state index in [9.17, 15) is 0 Å². The van der Waals surface area contributed by atoms with E-state index in [0.717, 1.165) is 45.2 Å². The second kappa shape index (κ2) is 8.10. The maximum atomic E-state index is 3.71. The summed E-state index contributed by atoms with van der Waals surface area (Å²) in [5.74, 6) is 0.761. The zero-order valence-electron chi connectivity index (χ0n) is 11.8. The van der Waals surface area contributed by atoms with Crippen LogP contribution in [0.3, 0.4) is 0 Å². The first kappa shape index (κ1) is 14.3. The van der Waals surface area contributed by atoms with Crippen molar-refractivity contribution < 1.29 is 0 Å². The quantitative estimate of drug-likeness (QED) is 0.515. The molecule has 4 heteroatoms. The third kappa shape index (κ3) is 4.19. The Kier molecular flexibility index (Phi) is 6.41. The van der Waals surface area contributed by atoms with Crippen molar-refractivity contribution >= 4 is 0 Å². The zero-order chi connectivity index (χ0) is 12.6. The minimum Gasteiger partial charge on any atom is -0.314 e. The summed E-state index contributed by atoms with van der Waals surface area (Å²) in [5, 5.41) is 14.5. The van der Waals surface area contributed by atoms with Crippen LogP contribution in [0.2, 0.25) is 0 Å². The summed E-state index contributed by atoms with van der Waals surface area (Å²) in [6, 6.07) is 1.29. The molecule has 0 aromatic rings. The maximum Gasteiger partial charge on any atom is 0.0236 e. The summed E-state index contributed by atoms with van der Waals surface area (Å²) in [4.78, 5) is 0. The second-order valence-corrected chi connectivity index (χ2v) is 5.69. The van der Waals surface area contributed by atoms with Crippen molar-refractivity contribution in [3.8, 4) is 0 Å². The Morgan fingerprint density at radius 3 is 1.94 bits per heavy atom. The van der Waals surface area contributed by atoms with E-state index in [1.54, 1.807) is 0 Å². The van der Waals surface area contributed by atoms with E-state index in [-0.39, 0.29) is 0 Å². The van der Waals surface area contributed by atoms with Gasteiger partial charge >= 0.3 is 0 Å². The molecule has 0 aromatic heterocycles. The fraction of sp³-hybridized carbons (Fsp3) is 1.00. The van der Waals surface area contributed by atoms with Crippen molar-refractivity contribution in [2.45, 2.75) is 44.7 Å². The largest absolute Gasteiger partial charge is 0.314 e. The molecule has 106 valence electrons. The number of nitrogens with one attached hydrogen (secondary N) is 4. The molecule has 2 saturated heterocycles. The van der Waals surface area contributed by atoms with Gasteiger partial charge in [-0.2, -0.15) is 0 Å². The Morgan fingerprint density at radius 2 is 1.50 bits per heavy atom. The lowest BCUT2D eigenvalue weighted by Crippen LogP contribution is -2.60. The van der Waals surface area contributed by atoms with Gasteiger partial charge in [0, 0.05) is 51.4 Å². The van der Waals surface area contributed by atoms with Crippen molar-refractivity contribution in [2.75, 3.05) is 39.3 Å². The molecule has 2 heterocycles. The van der Waals surface area contributed by atoms with Crippen molar-refractivity contribution in [1.29, 1.82) is 0 Å². The monoisotopic (exact) mass is 254 g/mol. The van der Waals surface area contributed by atoms with Crippen LogP contribution in [0, 0.1) is 5.92 Å². The molecular formula is C14H30N4. The molecule has 0 saturated carbocycles. The van der Waals surface area contributed by atoms with E-state index in [1.807, 2.05) is 0 Å². The topological polar surface area (TPSA) is 48.1 Å². The van der Waals surface area contributed by atoms with Crippen LogP contribution in [0.15, 0.2) is 0 Å². The molecule has 0 aliphatic carbocycles. The van der Waals surface area contributed by atoms with E-state index < -0.39 is 0 Å². The van der Waals surface area contributed by atoms with Crippen LogP contribution >= 0.6 is 0 Å². The van der Waals surface area contributed by atoms with Crippen LogP contribution in [-0.4, -0.2) is 51.4 Å². The number of hydrogen-bond acceptors (Lipinski definition) is 4. The van der Waals surface area contributed by atoms with Crippen molar-refractivity contribution in [2.24, 2.45) is 5.92 Å². The Hall–Kier alpha value is -0.160. The van der Waals surface area contributed by atoms with Gasteiger partial charge in [-0.15, -0.1) is 0 Å². The van der Waals surface area contributed by atoms with Gasteiger partial charge in [0.2, 0.25) is 0 Å². The summed E-state index contributed by atoms with van der Waals surface area (Å²) in [7, 11) is 0. The van der Waals surface area contributed by atoms with E-state index in [1.165, 1.54) is 25.7 Å². The average Bonchev–Trinajstić information content (AvgIpc) is 2.46. The second-order valence-electron chi connectivity index (χ2n) is 5.69. The first-order valence-electron chi connectivity index (χ1n) is 7.80. The Balaban J connectivity index is 1.87. The fourth-order valence-electron chi connectivity index (χ4n) is 3.27. The summed E-state index contributed by atoms with van der Waals surface area (Å²) in [6.45, 7) is 9.03. The highest BCUT2D eigenvalue weighted by Gasteiger charge is 2.30. The van der Waals surface area contributed by atoms with Crippen molar-refractivity contribution in [3.63, 3.8) is 0 Å². The van der Waals surface area contributed by atoms with E-state index in [4.69, 9.17) is 0 Å². The van der Waals surface area contributed by atoms with Gasteiger partial charge in [0.25, 0.3) is 0 Å². The lowest BCUT2D eigenvalue weighted by Gasteiger charge is -2.39. The first-order valence-corrected chi connectivity index (χ1v) is 7.80. The minimum atomic E-state index is 0.646. The molecule has 2 aliphatic rings. The lowest BCUT2D eigenvalue weighted by atomic mass is 9.85. The third-order valence-electron chi connectivity index (χ3n) is 4.32. The average molecular weight is 254 g/mol. The molecule has 0 aromatic carbocycles. The molecule has 0 bridgehead atoms. The fourth-order valence-corrected chi connectivity index (χ4v) is 3.27. The molecule has 4 nitrogen and oxygen atoms in total. The van der Waals surface area contributed by atoms with Gasteiger partial charge in [-0.05, 0) is 12.3 Å². The molecule has 18 heavy (non-hydrogen) atoms. The molecule has 2 unspecified atom stereocenters. The van der Waals surface area contributed by atoms with Crippen LogP contribution in [0.25, 0.3) is 0 Å². The third-order valence-corrected chi connectivity index (χ3v) is 4.32. The van der Waals surface area contributed by atoms with Crippen LogP contribution in [0.4, 0.5) is 0 Å². The Morgan fingerprint density at radius 1 is 0.889 bits per heavy atom. The van der Waals surface area contributed by atoms with E-state index >= 15 is 0 Å². The summed E-state index contributed by atoms with van der Waals surface area (Å²) < 4.78 is 0. The van der Waals surface area contributed by atoms with Crippen LogP contribution in [-0.2, 0) is 0 Å². The molecule has 2 aliphatic heterocycles. The number of hydrogen-bond donors (Lipinski definition) is 4. The predicted molar refractivity (Wildman–Crippen MR) is 77.0 cm³/mol. The molecule has 2 atom stereocenters. The molecule has 2 rings (SSSR count). The molecular weight excluding hydrogens is 224 g/mol. The molecule has 4 N–H and O–H groups in total. The van der Waals surface area contributed by atoms with Gasteiger partial charge in [-0.3, -0.25) is 0 Å². The lowest BCUT2D eigenvalue weighted by molar-refractivity contribution is 0.210. The number of rotatable bonds is 6. The van der Waals surface area contributed by atoms with Crippen molar-refractivity contribution in [3.05, 3.63) is 0 Å². The summed E-state index contributed by atoms with van der Waals surface area (Å²) >= 11 is 0. The maximum absolute atomic E-state index is 3.71. The number of piperazine rings is 2. The Labute approximate surface area is 112 Å². The van der Waals surface area contributed by atoms with Gasteiger partial charge in [-0.25, -0.2) is 0 Å². The van der Waals surface area contributed by atoms with Crippen LogP contribution in [0.1, 0.15) is 32.6 Å². The summed E-state index contributed by atoms with van der Waals surface area (Å²) in [6.07, 6.45) is 5.42. The van der Waals surface area contributed by atoms with Gasteiger partial charge in [0.15, 0.2) is 0 Å². The smallest absolute Gasteiger partial charge is 0.0236 e. The van der Waals surface area contributed by atoms with Crippen LogP contribution in [0.5, 0.6) is 0 Å². The van der Waals surface area contributed by atoms with Crippen molar-refractivity contribution in [1.82, 2.24) is 21.3 Å². The highest BCUT2D eigenvalue weighted by atomic mass is 15.1. The number of unbranched alkanes of at least 4 members (excludes halogenated alkanes) is 2. The van der Waals surface area contributed by atoms with E-state index in [2.05, 4.69) is 28.2 Å². The predicted octanol–water partition coefficient (Wildman–Crippen LogP) is 0.306. The highest BCUT2D eigenvalue weighted by Crippen LogP contribution is 2.19. The normalized spacial score (nSPS) is 31.2. The summed E-state index contributed by atoms with van der Waals surface area (Å²) in [5.41, 5.74) is 0. The molecule has 2 fully saturated rings. The zero-order valence-corrected chi connectivity index (χ0v) is 11.8. The van der Waals surface area contributed by atoms with Crippen LogP contribution < -0.4 is 21.3 Å². The molecule has 0 radical (unpaired) electrons. The molecule has 0 spiro atoms. The van der Waals surface area contributed by atoms with Gasteiger partial charge < -0.3 is 21.3 Å². The van der Waals surface area contributed by atoms with Gasteiger partial charge in [-0.1, -0.05) is 26.2 Å². The van der Waals surface area contributed by atoms with Gasteiger partial charge in [0.1, 0.15) is 0 Å². The SMILES string of the molecule is CCCCCC(C1CNCCN1)C1CNCCN1. The first-order chi connectivity index (χ1) is 8.92. The minimum absolute atomic E-state index is 0.646. The standard InChI is InChI=1S/C14H30N4/c1-2-3-4-5-12(13-10-15-6-8-17-13)14-11-16-7-9-18-14/h12-18H,2-11H2,1H3.